The number of rotatable bonds is 4. The van der Waals surface area contributed by atoms with E-state index in [1.54, 1.807) is 22.9 Å². The molecule has 1 aliphatic rings. The molecule has 6 heteroatoms. The Morgan fingerprint density at radius 3 is 2.85 bits per heavy atom. The molecule has 1 aliphatic heterocycles. The van der Waals surface area contributed by atoms with Crippen LogP contribution >= 0.6 is 0 Å². The van der Waals surface area contributed by atoms with Crippen LogP contribution in [0.5, 0.6) is 0 Å². The molecule has 0 radical (unpaired) electrons. The molecule has 2 aromatic rings. The zero-order valence-electron chi connectivity index (χ0n) is 11.5. The van der Waals surface area contributed by atoms with Gasteiger partial charge in [0, 0.05) is 6.54 Å². The van der Waals surface area contributed by atoms with Gasteiger partial charge in [-0.1, -0.05) is 11.3 Å². The Morgan fingerprint density at radius 2 is 2.15 bits per heavy atom. The maximum Gasteiger partial charge on any atom is 0.337 e. The highest BCUT2D eigenvalue weighted by Crippen LogP contribution is 2.21. The average Bonchev–Trinajstić information content (AvgIpc) is 3.06. The summed E-state index contributed by atoms with van der Waals surface area (Å²) in [7, 11) is 0. The lowest BCUT2D eigenvalue weighted by Crippen LogP contribution is -2.27. The van der Waals surface area contributed by atoms with E-state index in [4.69, 9.17) is 0 Å². The standard InChI is InChI=1S/C14H18N4O2/c1-10(9-17-7-2-3-8-17)18-13-11(14(19)20)5-4-6-12(13)15-16-18/h4-6,10H,2-3,7-9H2,1H3,(H,19,20). The molecule has 20 heavy (non-hydrogen) atoms. The van der Waals surface area contributed by atoms with Gasteiger partial charge in [0.25, 0.3) is 0 Å². The third-order valence-electron chi connectivity index (χ3n) is 3.86. The Bertz CT molecular complexity index is 631. The summed E-state index contributed by atoms with van der Waals surface area (Å²) >= 11 is 0. The maximum atomic E-state index is 11.4. The number of benzene rings is 1. The van der Waals surface area contributed by atoms with E-state index in [1.807, 2.05) is 0 Å². The number of hydrogen-bond donors (Lipinski definition) is 1. The minimum Gasteiger partial charge on any atom is -0.478 e. The Balaban J connectivity index is 1.96. The van der Waals surface area contributed by atoms with E-state index in [2.05, 4.69) is 22.1 Å². The summed E-state index contributed by atoms with van der Waals surface area (Å²) in [5, 5.41) is 17.6. The van der Waals surface area contributed by atoms with Crippen molar-refractivity contribution in [1.82, 2.24) is 19.9 Å². The smallest absolute Gasteiger partial charge is 0.337 e. The summed E-state index contributed by atoms with van der Waals surface area (Å²) in [6, 6.07) is 5.22. The highest BCUT2D eigenvalue weighted by molar-refractivity contribution is 6.00. The van der Waals surface area contributed by atoms with E-state index in [0.717, 1.165) is 19.6 Å². The van der Waals surface area contributed by atoms with Crippen molar-refractivity contribution in [3.63, 3.8) is 0 Å². The highest BCUT2D eigenvalue weighted by atomic mass is 16.4. The maximum absolute atomic E-state index is 11.4. The van der Waals surface area contributed by atoms with Crippen LogP contribution in [0.1, 0.15) is 36.2 Å². The van der Waals surface area contributed by atoms with Crippen LogP contribution in [0.4, 0.5) is 0 Å². The number of para-hydroxylation sites is 1. The summed E-state index contributed by atoms with van der Waals surface area (Å²) in [4.78, 5) is 13.7. The summed E-state index contributed by atoms with van der Waals surface area (Å²) in [5.74, 6) is -0.937. The SMILES string of the molecule is CC(CN1CCCC1)n1nnc2cccc(C(=O)O)c21. The van der Waals surface area contributed by atoms with Crippen molar-refractivity contribution in [2.45, 2.75) is 25.8 Å². The van der Waals surface area contributed by atoms with Crippen LogP contribution in [0.2, 0.25) is 0 Å². The number of likely N-dealkylation sites (tertiary alicyclic amines) is 1. The third-order valence-corrected chi connectivity index (χ3v) is 3.86. The second-order valence-corrected chi connectivity index (χ2v) is 5.37. The molecule has 1 fully saturated rings. The normalized spacial score (nSPS) is 17.6. The monoisotopic (exact) mass is 274 g/mol. The lowest BCUT2D eigenvalue weighted by Gasteiger charge is -2.20. The number of hydrogen-bond acceptors (Lipinski definition) is 4. The van der Waals surface area contributed by atoms with Gasteiger partial charge in [-0.3, -0.25) is 0 Å². The van der Waals surface area contributed by atoms with Crippen LogP contribution in [-0.4, -0.2) is 50.6 Å². The number of aromatic carboxylic acids is 1. The van der Waals surface area contributed by atoms with Gasteiger partial charge in [0.2, 0.25) is 0 Å². The third kappa shape index (κ3) is 2.27. The highest BCUT2D eigenvalue weighted by Gasteiger charge is 2.21. The summed E-state index contributed by atoms with van der Waals surface area (Å²) < 4.78 is 1.75. The molecular formula is C14H18N4O2. The van der Waals surface area contributed by atoms with Crippen molar-refractivity contribution in [1.29, 1.82) is 0 Å². The molecule has 1 atom stereocenters. The predicted molar refractivity (Wildman–Crippen MR) is 74.9 cm³/mol. The minimum absolute atomic E-state index is 0.110. The molecule has 1 aromatic heterocycles. The molecule has 106 valence electrons. The van der Waals surface area contributed by atoms with Crippen LogP contribution in [-0.2, 0) is 0 Å². The number of carbonyl (C=O) groups is 1. The molecule has 1 unspecified atom stereocenters. The number of carboxylic acid groups (broad SMARTS) is 1. The first kappa shape index (κ1) is 13.1. The van der Waals surface area contributed by atoms with Crippen molar-refractivity contribution in [3.8, 4) is 0 Å². The van der Waals surface area contributed by atoms with Gasteiger partial charge >= 0.3 is 5.97 Å². The van der Waals surface area contributed by atoms with Crippen molar-refractivity contribution in [3.05, 3.63) is 23.8 Å². The van der Waals surface area contributed by atoms with Crippen LogP contribution in [0, 0.1) is 0 Å². The van der Waals surface area contributed by atoms with E-state index in [-0.39, 0.29) is 11.6 Å². The second-order valence-electron chi connectivity index (χ2n) is 5.37. The van der Waals surface area contributed by atoms with Crippen LogP contribution in [0.3, 0.4) is 0 Å². The molecule has 0 amide bonds. The first-order valence-electron chi connectivity index (χ1n) is 6.96. The number of carboxylic acids is 1. The molecule has 0 aliphatic carbocycles. The molecule has 2 heterocycles. The zero-order chi connectivity index (χ0) is 14.1. The fraction of sp³-hybridized carbons (Fsp3) is 0.500. The Labute approximate surface area is 117 Å². The molecule has 0 spiro atoms. The summed E-state index contributed by atoms with van der Waals surface area (Å²) in [5.41, 5.74) is 1.52. The van der Waals surface area contributed by atoms with Gasteiger partial charge in [-0.15, -0.1) is 5.10 Å². The van der Waals surface area contributed by atoms with E-state index >= 15 is 0 Å². The number of aromatic nitrogens is 3. The Kier molecular flexibility index (Phi) is 3.40. The number of nitrogens with zero attached hydrogens (tertiary/aromatic N) is 4. The van der Waals surface area contributed by atoms with E-state index in [0.29, 0.717) is 11.0 Å². The van der Waals surface area contributed by atoms with Gasteiger partial charge in [0.05, 0.1) is 11.6 Å². The van der Waals surface area contributed by atoms with E-state index in [1.165, 1.54) is 12.8 Å². The lowest BCUT2D eigenvalue weighted by molar-refractivity contribution is 0.0698. The minimum atomic E-state index is -0.937. The van der Waals surface area contributed by atoms with Crippen molar-refractivity contribution >= 4 is 17.0 Å². The average molecular weight is 274 g/mol. The Morgan fingerprint density at radius 1 is 1.40 bits per heavy atom. The van der Waals surface area contributed by atoms with Crippen molar-refractivity contribution < 1.29 is 9.90 Å². The lowest BCUT2D eigenvalue weighted by atomic mass is 10.1. The van der Waals surface area contributed by atoms with Gasteiger partial charge in [0.1, 0.15) is 11.0 Å². The summed E-state index contributed by atoms with van der Waals surface area (Å²) in [6.07, 6.45) is 2.48. The number of fused-ring (bicyclic) bond motifs is 1. The molecule has 3 rings (SSSR count). The van der Waals surface area contributed by atoms with Gasteiger partial charge in [-0.25, -0.2) is 9.48 Å². The van der Waals surface area contributed by atoms with Gasteiger partial charge in [0.15, 0.2) is 0 Å². The van der Waals surface area contributed by atoms with E-state index in [9.17, 15) is 9.90 Å². The first-order valence-corrected chi connectivity index (χ1v) is 6.96. The van der Waals surface area contributed by atoms with Crippen LogP contribution < -0.4 is 0 Å². The van der Waals surface area contributed by atoms with E-state index < -0.39 is 5.97 Å². The zero-order valence-corrected chi connectivity index (χ0v) is 11.5. The molecule has 1 N–H and O–H groups in total. The van der Waals surface area contributed by atoms with Gasteiger partial charge < -0.3 is 10.0 Å². The Hall–Kier alpha value is -1.95. The van der Waals surface area contributed by atoms with Crippen LogP contribution in [0.15, 0.2) is 18.2 Å². The first-order chi connectivity index (χ1) is 9.66. The van der Waals surface area contributed by atoms with Crippen molar-refractivity contribution in [2.75, 3.05) is 19.6 Å². The second kappa shape index (κ2) is 5.20. The molecular weight excluding hydrogens is 256 g/mol. The summed E-state index contributed by atoms with van der Waals surface area (Å²) in [6.45, 7) is 5.17. The topological polar surface area (TPSA) is 71.2 Å². The largest absolute Gasteiger partial charge is 0.478 e. The van der Waals surface area contributed by atoms with Gasteiger partial charge in [-0.2, -0.15) is 0 Å². The molecule has 0 bridgehead atoms. The molecule has 0 saturated carbocycles. The fourth-order valence-electron chi connectivity index (χ4n) is 2.89. The van der Waals surface area contributed by atoms with Gasteiger partial charge in [-0.05, 0) is 45.0 Å². The quantitative estimate of drug-likeness (QED) is 0.920. The molecule has 1 aromatic carbocycles. The predicted octanol–water partition coefficient (Wildman–Crippen LogP) is 1.79. The molecule has 1 saturated heterocycles. The fourth-order valence-corrected chi connectivity index (χ4v) is 2.89. The molecule has 6 nitrogen and oxygen atoms in total. The van der Waals surface area contributed by atoms with Crippen LogP contribution in [0.25, 0.3) is 11.0 Å². The van der Waals surface area contributed by atoms with Crippen molar-refractivity contribution in [2.24, 2.45) is 0 Å².